The number of carbonyl (C=O) groups excluding carboxylic acids is 1. The quantitative estimate of drug-likeness (QED) is 0.733. The molecule has 0 saturated carbocycles. The summed E-state index contributed by atoms with van der Waals surface area (Å²) in [5.41, 5.74) is 2.09. The van der Waals surface area contributed by atoms with E-state index in [1.807, 2.05) is 48.5 Å². The lowest BCUT2D eigenvalue weighted by atomic mass is 10.1. The summed E-state index contributed by atoms with van der Waals surface area (Å²) in [6.45, 7) is 4.06. The smallest absolute Gasteiger partial charge is 0.244 e. The molecule has 2 aromatic carbocycles. The predicted molar refractivity (Wildman–Crippen MR) is 108 cm³/mol. The summed E-state index contributed by atoms with van der Waals surface area (Å²) in [6, 6.07) is 17.9. The van der Waals surface area contributed by atoms with Gasteiger partial charge in [0.2, 0.25) is 5.91 Å². The van der Waals surface area contributed by atoms with E-state index >= 15 is 0 Å². The maximum atomic E-state index is 12.5. The minimum absolute atomic E-state index is 0.0503. The van der Waals surface area contributed by atoms with Crippen LogP contribution in [0, 0.1) is 0 Å². The number of hydrogen-bond acceptors (Lipinski definition) is 3. The van der Waals surface area contributed by atoms with Crippen molar-refractivity contribution in [2.24, 2.45) is 0 Å². The molecule has 1 N–H and O–H groups in total. The molecule has 26 heavy (non-hydrogen) atoms. The van der Waals surface area contributed by atoms with Crippen LogP contribution in [0.25, 0.3) is 6.08 Å². The Kier molecular flexibility index (Phi) is 7.00. The average molecular weight is 415 g/mol. The van der Waals surface area contributed by atoms with Crippen molar-refractivity contribution >= 4 is 27.9 Å². The standard InChI is InChI=1S/C21H23BrN2O2/c22-19-9-5-4-6-17(19)10-11-21(25)23-20(18-7-2-1-3-8-18)16-24-12-14-26-15-13-24/h1-11,20H,12-16H2,(H,23,25)/b11-10+/t20-/m1/s1. The molecule has 1 amide bonds. The number of benzene rings is 2. The van der Waals surface area contributed by atoms with Crippen LogP contribution in [0.2, 0.25) is 0 Å². The molecule has 1 saturated heterocycles. The summed E-state index contributed by atoms with van der Waals surface area (Å²) >= 11 is 3.50. The number of hydrogen-bond donors (Lipinski definition) is 1. The Balaban J connectivity index is 1.68. The van der Waals surface area contributed by atoms with Gasteiger partial charge in [0.25, 0.3) is 0 Å². The maximum Gasteiger partial charge on any atom is 0.244 e. The largest absolute Gasteiger partial charge is 0.379 e. The fraction of sp³-hybridized carbons (Fsp3) is 0.286. The molecule has 1 fully saturated rings. The second kappa shape index (κ2) is 9.67. The monoisotopic (exact) mass is 414 g/mol. The van der Waals surface area contributed by atoms with Gasteiger partial charge < -0.3 is 10.1 Å². The molecule has 4 nitrogen and oxygen atoms in total. The van der Waals surface area contributed by atoms with E-state index in [1.54, 1.807) is 6.08 Å². The van der Waals surface area contributed by atoms with Crippen LogP contribution in [-0.2, 0) is 9.53 Å². The Hall–Kier alpha value is -1.95. The Morgan fingerprint density at radius 3 is 2.54 bits per heavy atom. The summed E-state index contributed by atoms with van der Waals surface area (Å²) in [7, 11) is 0. The van der Waals surface area contributed by atoms with Gasteiger partial charge in [-0.3, -0.25) is 9.69 Å². The molecule has 3 rings (SSSR count). The molecule has 1 atom stereocenters. The van der Waals surface area contributed by atoms with Gasteiger partial charge in [-0.05, 0) is 23.3 Å². The zero-order valence-electron chi connectivity index (χ0n) is 14.6. The average Bonchev–Trinajstić information content (AvgIpc) is 2.68. The first-order chi connectivity index (χ1) is 12.7. The summed E-state index contributed by atoms with van der Waals surface area (Å²) in [5.74, 6) is -0.0946. The van der Waals surface area contributed by atoms with Crippen LogP contribution in [0.4, 0.5) is 0 Å². The number of nitrogens with zero attached hydrogens (tertiary/aromatic N) is 1. The lowest BCUT2D eigenvalue weighted by Gasteiger charge is -2.31. The summed E-state index contributed by atoms with van der Waals surface area (Å²) < 4.78 is 6.39. The molecule has 5 heteroatoms. The van der Waals surface area contributed by atoms with E-state index < -0.39 is 0 Å². The molecule has 1 heterocycles. The van der Waals surface area contributed by atoms with Gasteiger partial charge in [0.05, 0.1) is 19.3 Å². The van der Waals surface area contributed by atoms with Crippen molar-refractivity contribution in [3.63, 3.8) is 0 Å². The van der Waals surface area contributed by atoms with E-state index in [-0.39, 0.29) is 11.9 Å². The Morgan fingerprint density at radius 2 is 1.81 bits per heavy atom. The molecule has 1 aliphatic heterocycles. The highest BCUT2D eigenvalue weighted by atomic mass is 79.9. The van der Waals surface area contributed by atoms with Crippen LogP contribution in [0.5, 0.6) is 0 Å². The van der Waals surface area contributed by atoms with Crippen LogP contribution in [0.1, 0.15) is 17.2 Å². The normalized spacial score (nSPS) is 16.5. The van der Waals surface area contributed by atoms with E-state index in [0.717, 1.165) is 48.4 Å². The first-order valence-corrected chi connectivity index (χ1v) is 9.60. The van der Waals surface area contributed by atoms with Crippen molar-refractivity contribution in [3.8, 4) is 0 Å². The molecular weight excluding hydrogens is 392 g/mol. The molecule has 0 bridgehead atoms. The van der Waals surface area contributed by atoms with Gasteiger partial charge in [-0.15, -0.1) is 0 Å². The third-order valence-electron chi connectivity index (χ3n) is 4.38. The highest BCUT2D eigenvalue weighted by Crippen LogP contribution is 2.18. The van der Waals surface area contributed by atoms with Gasteiger partial charge in [0, 0.05) is 30.2 Å². The lowest BCUT2D eigenvalue weighted by Crippen LogP contribution is -2.42. The fourth-order valence-electron chi connectivity index (χ4n) is 2.96. The Morgan fingerprint density at radius 1 is 1.12 bits per heavy atom. The number of morpholine rings is 1. The highest BCUT2D eigenvalue weighted by molar-refractivity contribution is 9.10. The summed E-state index contributed by atoms with van der Waals surface area (Å²) in [4.78, 5) is 14.8. The molecule has 0 radical (unpaired) electrons. The van der Waals surface area contributed by atoms with Crippen molar-refractivity contribution < 1.29 is 9.53 Å². The first kappa shape index (κ1) is 18.8. The van der Waals surface area contributed by atoms with Crippen LogP contribution in [-0.4, -0.2) is 43.7 Å². The number of amides is 1. The van der Waals surface area contributed by atoms with Crippen LogP contribution in [0.3, 0.4) is 0 Å². The zero-order chi connectivity index (χ0) is 18.2. The number of halogens is 1. The van der Waals surface area contributed by atoms with Crippen molar-refractivity contribution in [1.29, 1.82) is 0 Å². The third kappa shape index (κ3) is 5.53. The zero-order valence-corrected chi connectivity index (χ0v) is 16.2. The van der Waals surface area contributed by atoms with E-state index in [0.29, 0.717) is 0 Å². The summed E-state index contributed by atoms with van der Waals surface area (Å²) in [5, 5.41) is 3.15. The number of rotatable bonds is 6. The van der Waals surface area contributed by atoms with Gasteiger partial charge in [0.15, 0.2) is 0 Å². The van der Waals surface area contributed by atoms with E-state index in [1.165, 1.54) is 0 Å². The molecule has 0 aliphatic carbocycles. The predicted octanol–water partition coefficient (Wildman–Crippen LogP) is 3.65. The van der Waals surface area contributed by atoms with Crippen molar-refractivity contribution in [2.75, 3.05) is 32.8 Å². The van der Waals surface area contributed by atoms with Crippen molar-refractivity contribution in [1.82, 2.24) is 10.2 Å². The number of nitrogens with one attached hydrogen (secondary N) is 1. The Labute approximate surface area is 163 Å². The Bertz CT molecular complexity index is 743. The molecule has 1 aliphatic rings. The maximum absolute atomic E-state index is 12.5. The van der Waals surface area contributed by atoms with E-state index in [4.69, 9.17) is 4.74 Å². The van der Waals surface area contributed by atoms with Gasteiger partial charge in [-0.2, -0.15) is 0 Å². The molecular formula is C21H23BrN2O2. The molecule has 0 aromatic heterocycles. The van der Waals surface area contributed by atoms with Crippen LogP contribution >= 0.6 is 15.9 Å². The van der Waals surface area contributed by atoms with Crippen LogP contribution < -0.4 is 5.32 Å². The van der Waals surface area contributed by atoms with Gasteiger partial charge in [0.1, 0.15) is 0 Å². The topological polar surface area (TPSA) is 41.6 Å². The van der Waals surface area contributed by atoms with Crippen molar-refractivity contribution in [3.05, 3.63) is 76.3 Å². The number of ether oxygens (including phenoxy) is 1. The minimum Gasteiger partial charge on any atom is -0.379 e. The van der Waals surface area contributed by atoms with Gasteiger partial charge in [-0.1, -0.05) is 64.5 Å². The molecule has 0 unspecified atom stereocenters. The second-order valence-electron chi connectivity index (χ2n) is 6.24. The van der Waals surface area contributed by atoms with Crippen molar-refractivity contribution in [2.45, 2.75) is 6.04 Å². The van der Waals surface area contributed by atoms with E-state index in [9.17, 15) is 4.79 Å². The third-order valence-corrected chi connectivity index (χ3v) is 5.10. The number of carbonyl (C=O) groups is 1. The first-order valence-electron chi connectivity index (χ1n) is 8.80. The fourth-order valence-corrected chi connectivity index (χ4v) is 3.37. The van der Waals surface area contributed by atoms with E-state index in [2.05, 4.69) is 38.3 Å². The van der Waals surface area contributed by atoms with Crippen LogP contribution in [0.15, 0.2) is 65.1 Å². The second-order valence-corrected chi connectivity index (χ2v) is 7.09. The minimum atomic E-state index is -0.0946. The lowest BCUT2D eigenvalue weighted by molar-refractivity contribution is -0.117. The van der Waals surface area contributed by atoms with Gasteiger partial charge in [-0.25, -0.2) is 0 Å². The summed E-state index contributed by atoms with van der Waals surface area (Å²) in [6.07, 6.45) is 3.42. The molecule has 2 aromatic rings. The highest BCUT2D eigenvalue weighted by Gasteiger charge is 2.19. The SMILES string of the molecule is O=C(/C=C/c1ccccc1Br)N[C@H](CN1CCOCC1)c1ccccc1. The molecule has 136 valence electrons. The van der Waals surface area contributed by atoms with Gasteiger partial charge >= 0.3 is 0 Å². The molecule has 0 spiro atoms.